The van der Waals surface area contributed by atoms with Crippen molar-refractivity contribution < 1.29 is 5.11 Å². The van der Waals surface area contributed by atoms with Gasteiger partial charge in [0.2, 0.25) is 0 Å². The van der Waals surface area contributed by atoms with Gasteiger partial charge in [0.05, 0.1) is 15.6 Å². The van der Waals surface area contributed by atoms with Crippen LogP contribution in [0, 0.1) is 0 Å². The fraction of sp³-hybridized carbons (Fsp3) is 0.600. The van der Waals surface area contributed by atoms with E-state index in [0.717, 1.165) is 22.2 Å². The molecule has 2 heteroatoms. The van der Waals surface area contributed by atoms with Crippen molar-refractivity contribution in [2.75, 3.05) is 0 Å². The maximum atomic E-state index is 8.76. The minimum Gasteiger partial charge on any atom is -0.519 e. The van der Waals surface area contributed by atoms with E-state index in [1.807, 2.05) is 13.8 Å². The van der Waals surface area contributed by atoms with Crippen LogP contribution in [0.5, 0.6) is 0 Å². The first-order chi connectivity index (χ1) is 3.18. The van der Waals surface area contributed by atoms with Crippen molar-refractivity contribution in [3.05, 3.63) is 11.0 Å². The third-order valence-electron chi connectivity index (χ3n) is 1.15. The first kappa shape index (κ1) is 6.76. The molecule has 0 atom stereocenters. The lowest BCUT2D eigenvalue weighted by Gasteiger charge is -1.93. The second kappa shape index (κ2) is 2.85. The number of hydrogen-bond donors (Lipinski definition) is 1. The minimum absolute atomic E-state index is 0.600. The SMILES string of the molecule is CCC(C)=C(O)[SiH3]. The van der Waals surface area contributed by atoms with Crippen LogP contribution in [-0.4, -0.2) is 15.3 Å². The third kappa shape index (κ3) is 2.45. The molecular weight excluding hydrogens is 104 g/mol. The van der Waals surface area contributed by atoms with E-state index in [2.05, 4.69) is 0 Å². The molecule has 0 saturated carbocycles. The summed E-state index contributed by atoms with van der Waals surface area (Å²) in [7, 11) is 0.798. The zero-order valence-corrected chi connectivity index (χ0v) is 7.15. The van der Waals surface area contributed by atoms with Gasteiger partial charge < -0.3 is 5.11 Å². The van der Waals surface area contributed by atoms with E-state index < -0.39 is 0 Å². The maximum Gasteiger partial charge on any atom is 0.0829 e. The molecule has 0 saturated heterocycles. The number of rotatable bonds is 1. The summed E-state index contributed by atoms with van der Waals surface area (Å²) in [5.74, 6) is 0. The van der Waals surface area contributed by atoms with Crippen LogP contribution in [0.25, 0.3) is 0 Å². The fourth-order valence-electron chi connectivity index (χ4n) is 0.256. The van der Waals surface area contributed by atoms with Crippen LogP contribution in [0.4, 0.5) is 0 Å². The summed E-state index contributed by atoms with van der Waals surface area (Å²) in [6.07, 6.45) is 0.981. The minimum atomic E-state index is 0.600. The molecule has 0 aromatic carbocycles. The molecule has 0 fully saturated rings. The Bertz CT molecular complexity index is 82.1. The molecule has 0 aromatic rings. The largest absolute Gasteiger partial charge is 0.519 e. The summed E-state index contributed by atoms with van der Waals surface area (Å²) in [5.41, 5.74) is 1.13. The summed E-state index contributed by atoms with van der Waals surface area (Å²) < 4.78 is 0. The Balaban J connectivity index is 3.72. The molecule has 0 spiro atoms. The monoisotopic (exact) mass is 116 g/mol. The predicted molar refractivity (Wildman–Crippen MR) is 35.6 cm³/mol. The highest BCUT2D eigenvalue weighted by Crippen LogP contribution is 1.99. The Hall–Kier alpha value is -0.243. The van der Waals surface area contributed by atoms with Gasteiger partial charge in [-0.05, 0) is 18.9 Å². The molecule has 0 aliphatic carbocycles. The normalized spacial score (nSPS) is 14.0. The van der Waals surface area contributed by atoms with Crippen molar-refractivity contribution in [3.63, 3.8) is 0 Å². The van der Waals surface area contributed by atoms with Crippen LogP contribution in [0.1, 0.15) is 20.3 Å². The van der Waals surface area contributed by atoms with E-state index in [0.29, 0.717) is 5.38 Å². The number of aliphatic hydroxyl groups is 1. The molecule has 0 amide bonds. The van der Waals surface area contributed by atoms with Crippen molar-refractivity contribution in [1.29, 1.82) is 0 Å². The second-order valence-electron chi connectivity index (χ2n) is 1.72. The molecule has 0 unspecified atom stereocenters. The van der Waals surface area contributed by atoms with Gasteiger partial charge in [-0.2, -0.15) is 0 Å². The van der Waals surface area contributed by atoms with E-state index in [-0.39, 0.29) is 0 Å². The average molecular weight is 116 g/mol. The van der Waals surface area contributed by atoms with Gasteiger partial charge in [-0.15, -0.1) is 0 Å². The standard InChI is InChI=1S/C5H12OSi/c1-3-4(2)5(6)7/h6H,3H2,1-2,7H3. The Kier molecular flexibility index (Phi) is 2.75. The van der Waals surface area contributed by atoms with E-state index in [4.69, 9.17) is 5.11 Å². The molecule has 42 valence electrons. The molecule has 0 radical (unpaired) electrons. The zero-order chi connectivity index (χ0) is 5.86. The van der Waals surface area contributed by atoms with Crippen LogP contribution in [0.2, 0.25) is 0 Å². The lowest BCUT2D eigenvalue weighted by molar-refractivity contribution is 0.443. The van der Waals surface area contributed by atoms with Crippen LogP contribution >= 0.6 is 0 Å². The van der Waals surface area contributed by atoms with Crippen molar-refractivity contribution >= 4 is 10.2 Å². The molecule has 0 bridgehead atoms. The van der Waals surface area contributed by atoms with E-state index in [1.54, 1.807) is 0 Å². The van der Waals surface area contributed by atoms with Crippen LogP contribution in [0.15, 0.2) is 11.0 Å². The molecule has 1 nitrogen and oxygen atoms in total. The van der Waals surface area contributed by atoms with Gasteiger partial charge in [0.25, 0.3) is 0 Å². The summed E-state index contributed by atoms with van der Waals surface area (Å²) in [6.45, 7) is 4.01. The Morgan fingerprint density at radius 1 is 1.71 bits per heavy atom. The molecule has 0 heterocycles. The molecule has 0 aromatic heterocycles. The van der Waals surface area contributed by atoms with Gasteiger partial charge in [-0.25, -0.2) is 0 Å². The summed E-state index contributed by atoms with van der Waals surface area (Å²) in [5, 5.41) is 9.36. The van der Waals surface area contributed by atoms with Crippen LogP contribution in [-0.2, 0) is 0 Å². The fourth-order valence-corrected chi connectivity index (χ4v) is 0.609. The quantitative estimate of drug-likeness (QED) is 0.392. The summed E-state index contributed by atoms with van der Waals surface area (Å²) in [4.78, 5) is 0. The molecule has 1 N–H and O–H groups in total. The third-order valence-corrected chi connectivity index (χ3v) is 2.00. The van der Waals surface area contributed by atoms with Gasteiger partial charge in [0.1, 0.15) is 0 Å². The van der Waals surface area contributed by atoms with Gasteiger partial charge in [0.15, 0.2) is 0 Å². The highest BCUT2D eigenvalue weighted by molar-refractivity contribution is 6.20. The first-order valence-corrected chi connectivity index (χ1v) is 3.53. The maximum absolute atomic E-state index is 8.76. The Morgan fingerprint density at radius 2 is 2.14 bits per heavy atom. The van der Waals surface area contributed by atoms with Crippen molar-refractivity contribution in [3.8, 4) is 0 Å². The molecule has 0 aliphatic rings. The van der Waals surface area contributed by atoms with E-state index in [1.165, 1.54) is 0 Å². The molecular formula is C5H12OSi. The predicted octanol–water partition coefficient (Wildman–Crippen LogP) is 0.551. The topological polar surface area (TPSA) is 20.2 Å². The van der Waals surface area contributed by atoms with E-state index >= 15 is 0 Å². The van der Waals surface area contributed by atoms with Crippen LogP contribution in [0.3, 0.4) is 0 Å². The lowest BCUT2D eigenvalue weighted by atomic mass is 10.3. The zero-order valence-electron chi connectivity index (χ0n) is 5.15. The van der Waals surface area contributed by atoms with Gasteiger partial charge in [-0.3, -0.25) is 0 Å². The Morgan fingerprint density at radius 3 is 2.14 bits per heavy atom. The van der Waals surface area contributed by atoms with Gasteiger partial charge in [0, 0.05) is 0 Å². The molecule has 7 heavy (non-hydrogen) atoms. The van der Waals surface area contributed by atoms with Crippen LogP contribution < -0.4 is 0 Å². The van der Waals surface area contributed by atoms with Crippen molar-refractivity contribution in [1.82, 2.24) is 0 Å². The smallest absolute Gasteiger partial charge is 0.0829 e. The second-order valence-corrected chi connectivity index (χ2v) is 2.67. The van der Waals surface area contributed by atoms with Crippen molar-refractivity contribution in [2.45, 2.75) is 20.3 Å². The average Bonchev–Trinajstić information content (AvgIpc) is 1.65. The van der Waals surface area contributed by atoms with Crippen molar-refractivity contribution in [2.24, 2.45) is 0 Å². The molecule has 0 rings (SSSR count). The number of hydrogen-bond acceptors (Lipinski definition) is 1. The van der Waals surface area contributed by atoms with Gasteiger partial charge >= 0.3 is 0 Å². The molecule has 0 aliphatic heterocycles. The number of aliphatic hydroxyl groups excluding tert-OH is 1. The summed E-state index contributed by atoms with van der Waals surface area (Å²) in [6, 6.07) is 0. The Labute approximate surface area is 47.5 Å². The van der Waals surface area contributed by atoms with Gasteiger partial charge in [-0.1, -0.05) is 6.92 Å². The lowest BCUT2D eigenvalue weighted by Crippen LogP contribution is -1.82. The summed E-state index contributed by atoms with van der Waals surface area (Å²) >= 11 is 0. The number of allylic oxidation sites excluding steroid dienone is 1. The van der Waals surface area contributed by atoms with E-state index in [9.17, 15) is 0 Å². The highest BCUT2D eigenvalue weighted by atomic mass is 28.1. The first-order valence-electron chi connectivity index (χ1n) is 2.53. The highest BCUT2D eigenvalue weighted by Gasteiger charge is 1.85.